The first-order valence-electron chi connectivity index (χ1n) is 9.02. The smallest absolute Gasteiger partial charge is 0.241 e. The largest absolute Gasteiger partial charge is 0.381 e. The lowest BCUT2D eigenvalue weighted by Crippen LogP contribution is -2.43. The maximum absolute atomic E-state index is 12.4. The Bertz CT molecular complexity index is 755. The molecule has 2 aromatic carbocycles. The molecule has 138 valence electrons. The number of amides is 1. The van der Waals surface area contributed by atoms with Gasteiger partial charge < -0.3 is 15.8 Å². The van der Waals surface area contributed by atoms with Gasteiger partial charge in [-0.15, -0.1) is 0 Å². The van der Waals surface area contributed by atoms with Gasteiger partial charge in [-0.05, 0) is 74.1 Å². The number of nitrogens with two attached hydrogens (primary N) is 1. The van der Waals surface area contributed by atoms with Crippen molar-refractivity contribution in [3.8, 4) is 0 Å². The monoisotopic (exact) mass is 370 g/mol. The highest BCUT2D eigenvalue weighted by Gasteiger charge is 2.26. The summed E-state index contributed by atoms with van der Waals surface area (Å²) in [5.41, 5.74) is 9.43. The van der Waals surface area contributed by atoms with Gasteiger partial charge in [0.25, 0.3) is 0 Å². The average Bonchev–Trinajstić information content (AvgIpc) is 2.66. The van der Waals surface area contributed by atoms with E-state index in [1.54, 1.807) is 11.8 Å². The summed E-state index contributed by atoms with van der Waals surface area (Å²) in [7, 11) is 0. The molecule has 1 saturated heterocycles. The molecule has 1 amide bonds. The number of ether oxygens (including phenoxy) is 1. The third-order valence-electron chi connectivity index (χ3n) is 4.77. The lowest BCUT2D eigenvalue weighted by atomic mass is 9.92. The molecule has 26 heavy (non-hydrogen) atoms. The molecule has 0 aromatic heterocycles. The summed E-state index contributed by atoms with van der Waals surface area (Å²) in [5.74, 6) is 0.0784. The summed E-state index contributed by atoms with van der Waals surface area (Å²) >= 11 is 1.73. The van der Waals surface area contributed by atoms with Crippen LogP contribution in [0.1, 0.15) is 24.0 Å². The van der Waals surface area contributed by atoms with Crippen molar-refractivity contribution in [1.29, 1.82) is 0 Å². The molecule has 3 rings (SSSR count). The van der Waals surface area contributed by atoms with Gasteiger partial charge in [-0.2, -0.15) is 0 Å². The van der Waals surface area contributed by atoms with E-state index < -0.39 is 6.04 Å². The van der Waals surface area contributed by atoms with E-state index in [1.807, 2.05) is 24.3 Å². The van der Waals surface area contributed by atoms with Crippen molar-refractivity contribution in [3.63, 3.8) is 0 Å². The fourth-order valence-corrected chi connectivity index (χ4v) is 4.07. The summed E-state index contributed by atoms with van der Waals surface area (Å²) in [6.45, 7) is 5.60. The van der Waals surface area contributed by atoms with Crippen LogP contribution in [0.15, 0.2) is 52.3 Å². The molecule has 0 spiro atoms. The fraction of sp³-hybridized carbons (Fsp3) is 0.381. The van der Waals surface area contributed by atoms with Gasteiger partial charge in [0.15, 0.2) is 0 Å². The summed E-state index contributed by atoms with van der Waals surface area (Å²) < 4.78 is 5.34. The second-order valence-corrected chi connectivity index (χ2v) is 7.98. The van der Waals surface area contributed by atoms with Crippen molar-refractivity contribution in [3.05, 3.63) is 53.6 Å². The molecule has 1 aliphatic heterocycles. The molecule has 0 aliphatic carbocycles. The van der Waals surface area contributed by atoms with E-state index in [1.165, 1.54) is 16.0 Å². The second kappa shape index (κ2) is 8.71. The van der Waals surface area contributed by atoms with E-state index in [0.717, 1.165) is 23.4 Å². The Balaban J connectivity index is 1.60. The number of nitrogens with one attached hydrogen (secondary N) is 1. The molecule has 0 bridgehead atoms. The molecule has 0 radical (unpaired) electrons. The number of carbonyl (C=O) groups excluding carboxylic acids is 1. The van der Waals surface area contributed by atoms with Crippen molar-refractivity contribution in [2.24, 2.45) is 11.7 Å². The average molecular weight is 371 g/mol. The zero-order valence-electron chi connectivity index (χ0n) is 15.3. The zero-order chi connectivity index (χ0) is 18.5. The number of carbonyl (C=O) groups is 1. The van der Waals surface area contributed by atoms with Crippen LogP contribution in [-0.4, -0.2) is 25.2 Å². The standard InChI is InChI=1S/C21H26N2O2S/c1-14-3-4-15(2)19(13-14)26-18-7-5-17(6-8-18)23-21(24)20(22)16-9-11-25-12-10-16/h3-8,13,16,20H,9-12,22H2,1-2H3,(H,23,24). The molecule has 5 heteroatoms. The second-order valence-electron chi connectivity index (χ2n) is 6.86. The summed E-state index contributed by atoms with van der Waals surface area (Å²) in [5, 5.41) is 2.94. The Kier molecular flexibility index (Phi) is 6.35. The van der Waals surface area contributed by atoms with Crippen LogP contribution in [0, 0.1) is 19.8 Å². The molecule has 1 heterocycles. The van der Waals surface area contributed by atoms with E-state index in [4.69, 9.17) is 10.5 Å². The lowest BCUT2D eigenvalue weighted by molar-refractivity contribution is -0.119. The Hall–Kier alpha value is -1.82. The number of anilines is 1. The van der Waals surface area contributed by atoms with Gasteiger partial charge >= 0.3 is 0 Å². The van der Waals surface area contributed by atoms with E-state index in [9.17, 15) is 4.79 Å². The summed E-state index contributed by atoms with van der Waals surface area (Å²) in [4.78, 5) is 14.8. The third kappa shape index (κ3) is 4.87. The molecule has 3 N–H and O–H groups in total. The van der Waals surface area contributed by atoms with Crippen molar-refractivity contribution < 1.29 is 9.53 Å². The maximum Gasteiger partial charge on any atom is 0.241 e. The highest BCUT2D eigenvalue weighted by atomic mass is 32.2. The van der Waals surface area contributed by atoms with Gasteiger partial charge in [0.2, 0.25) is 5.91 Å². The van der Waals surface area contributed by atoms with Crippen molar-refractivity contribution in [1.82, 2.24) is 0 Å². The van der Waals surface area contributed by atoms with Crippen LogP contribution < -0.4 is 11.1 Å². The van der Waals surface area contributed by atoms with Gasteiger partial charge in [-0.1, -0.05) is 23.9 Å². The Morgan fingerprint density at radius 2 is 1.85 bits per heavy atom. The first-order chi connectivity index (χ1) is 12.5. The number of hydrogen-bond acceptors (Lipinski definition) is 4. The summed E-state index contributed by atoms with van der Waals surface area (Å²) in [6, 6.07) is 13.9. The molecule has 1 unspecified atom stereocenters. The van der Waals surface area contributed by atoms with Crippen LogP contribution in [0.5, 0.6) is 0 Å². The number of aryl methyl sites for hydroxylation is 2. The number of benzene rings is 2. The van der Waals surface area contributed by atoms with Gasteiger partial charge in [0.05, 0.1) is 6.04 Å². The number of rotatable bonds is 5. The topological polar surface area (TPSA) is 64.4 Å². The molecule has 1 aliphatic rings. The first-order valence-corrected chi connectivity index (χ1v) is 9.84. The lowest BCUT2D eigenvalue weighted by Gasteiger charge is -2.26. The molecule has 1 fully saturated rings. The molecular weight excluding hydrogens is 344 g/mol. The number of hydrogen-bond donors (Lipinski definition) is 2. The van der Waals surface area contributed by atoms with Crippen LogP contribution >= 0.6 is 11.8 Å². The van der Waals surface area contributed by atoms with Crippen molar-refractivity contribution in [2.45, 2.75) is 42.5 Å². The zero-order valence-corrected chi connectivity index (χ0v) is 16.1. The van der Waals surface area contributed by atoms with Crippen LogP contribution in [0.4, 0.5) is 5.69 Å². The van der Waals surface area contributed by atoms with Crippen LogP contribution in [0.3, 0.4) is 0 Å². The van der Waals surface area contributed by atoms with Crippen LogP contribution in [0.25, 0.3) is 0 Å². The minimum atomic E-state index is -0.483. The first kappa shape index (κ1) is 19.0. The van der Waals surface area contributed by atoms with Crippen LogP contribution in [0.2, 0.25) is 0 Å². The predicted molar refractivity (Wildman–Crippen MR) is 107 cm³/mol. The van der Waals surface area contributed by atoms with Crippen molar-refractivity contribution >= 4 is 23.4 Å². The quantitative estimate of drug-likeness (QED) is 0.830. The highest BCUT2D eigenvalue weighted by Crippen LogP contribution is 2.31. The van der Waals surface area contributed by atoms with E-state index >= 15 is 0 Å². The predicted octanol–water partition coefficient (Wildman–Crippen LogP) is 4.15. The van der Waals surface area contributed by atoms with Gasteiger partial charge in [0.1, 0.15) is 0 Å². The van der Waals surface area contributed by atoms with E-state index in [-0.39, 0.29) is 11.8 Å². The minimum Gasteiger partial charge on any atom is -0.381 e. The van der Waals surface area contributed by atoms with E-state index in [0.29, 0.717) is 13.2 Å². The molecule has 2 aromatic rings. The fourth-order valence-electron chi connectivity index (χ4n) is 3.07. The third-order valence-corrected chi connectivity index (χ3v) is 5.94. The van der Waals surface area contributed by atoms with Crippen LogP contribution in [-0.2, 0) is 9.53 Å². The minimum absolute atomic E-state index is 0.119. The molecule has 4 nitrogen and oxygen atoms in total. The Labute approximate surface area is 159 Å². The molecule has 1 atom stereocenters. The normalized spacial score (nSPS) is 16.3. The van der Waals surface area contributed by atoms with Gasteiger partial charge in [-0.3, -0.25) is 4.79 Å². The Morgan fingerprint density at radius 1 is 1.15 bits per heavy atom. The van der Waals surface area contributed by atoms with Gasteiger partial charge in [0, 0.05) is 28.7 Å². The van der Waals surface area contributed by atoms with Gasteiger partial charge in [-0.25, -0.2) is 0 Å². The van der Waals surface area contributed by atoms with E-state index in [2.05, 4.69) is 37.4 Å². The summed E-state index contributed by atoms with van der Waals surface area (Å²) in [6.07, 6.45) is 1.69. The maximum atomic E-state index is 12.4. The molecule has 0 saturated carbocycles. The molecular formula is C21H26N2O2S. The SMILES string of the molecule is Cc1ccc(C)c(Sc2ccc(NC(=O)C(N)C3CCOCC3)cc2)c1. The highest BCUT2D eigenvalue weighted by molar-refractivity contribution is 7.99. The Morgan fingerprint density at radius 3 is 2.54 bits per heavy atom. The van der Waals surface area contributed by atoms with Crippen molar-refractivity contribution in [2.75, 3.05) is 18.5 Å².